The number of carbonyl (C=O) groups is 1. The van der Waals surface area contributed by atoms with Crippen LogP contribution in [0.5, 0.6) is 0 Å². The van der Waals surface area contributed by atoms with Crippen LogP contribution in [-0.4, -0.2) is 41.9 Å². The number of aliphatic hydroxyl groups excluding tert-OH is 1. The third-order valence-corrected chi connectivity index (χ3v) is 10.3. The lowest BCUT2D eigenvalue weighted by atomic mass is 10.0. The van der Waals surface area contributed by atoms with Crippen molar-refractivity contribution >= 4 is 16.0 Å². The highest BCUT2D eigenvalue weighted by Crippen LogP contribution is 2.14. The van der Waals surface area contributed by atoms with Gasteiger partial charge in [-0.25, -0.2) is 0 Å². The smallest absolute Gasteiger partial charge is 0.267 e. The quantitative estimate of drug-likeness (QED) is 0.0334. The highest BCUT2D eigenvalue weighted by atomic mass is 32.2. The molecule has 0 aliphatic heterocycles. The van der Waals surface area contributed by atoms with Crippen LogP contribution in [0.15, 0.2) is 36.5 Å². The van der Waals surface area contributed by atoms with Gasteiger partial charge in [-0.05, 0) is 57.8 Å². The Labute approximate surface area is 310 Å². The van der Waals surface area contributed by atoms with Gasteiger partial charge in [-0.2, -0.15) is 8.42 Å². The number of unbranched alkanes of at least 4 members (excludes halogenated alkanes) is 26. The lowest BCUT2D eigenvalue weighted by molar-refractivity contribution is -0.122. The molecule has 0 fully saturated rings. The molecule has 3 N–H and O–H groups in total. The zero-order valence-corrected chi connectivity index (χ0v) is 33.6. The van der Waals surface area contributed by atoms with Gasteiger partial charge in [0.15, 0.2) is 0 Å². The molecule has 0 aromatic heterocycles. The second-order valence-electron chi connectivity index (χ2n) is 14.6. The summed E-state index contributed by atoms with van der Waals surface area (Å²) in [6.07, 6.45) is 48.5. The van der Waals surface area contributed by atoms with E-state index < -0.39 is 28.0 Å². The number of rotatable bonds is 38. The van der Waals surface area contributed by atoms with E-state index in [-0.39, 0.29) is 12.3 Å². The molecule has 0 radical (unpaired) electrons. The molecule has 6 nitrogen and oxygen atoms in total. The predicted molar refractivity (Wildman–Crippen MR) is 216 cm³/mol. The van der Waals surface area contributed by atoms with Crippen molar-refractivity contribution < 1.29 is 22.9 Å². The first kappa shape index (κ1) is 48.6. The van der Waals surface area contributed by atoms with Gasteiger partial charge in [0.2, 0.25) is 5.91 Å². The standard InChI is InChI=1S/C43H81NO5S/c1-3-5-7-9-11-13-15-17-19-20-21-22-23-24-25-27-29-31-33-35-37-39-43(46)44-41(40-50(47,48)49)42(45)38-36-34-32-30-28-26-18-16-14-12-10-8-6-4-2/h20-21,28,30,36,38,41-42,45H,3-19,22-27,29,31-35,37,39-40H2,1-2H3,(H,44,46)(H,47,48,49)/b21-20-,30-28+,38-36+. The third-order valence-electron chi connectivity index (χ3n) is 9.54. The minimum absolute atomic E-state index is 0.286. The van der Waals surface area contributed by atoms with Crippen LogP contribution in [0.25, 0.3) is 0 Å². The summed E-state index contributed by atoms with van der Waals surface area (Å²) in [6.45, 7) is 4.52. The summed E-state index contributed by atoms with van der Waals surface area (Å²) in [6, 6.07) is -1.07. The molecule has 0 rings (SSSR count). The van der Waals surface area contributed by atoms with Gasteiger partial charge >= 0.3 is 0 Å². The van der Waals surface area contributed by atoms with E-state index in [1.54, 1.807) is 0 Å². The number of aliphatic hydroxyl groups is 1. The van der Waals surface area contributed by atoms with Crippen LogP contribution < -0.4 is 5.32 Å². The van der Waals surface area contributed by atoms with Crippen molar-refractivity contribution in [3.8, 4) is 0 Å². The van der Waals surface area contributed by atoms with E-state index in [0.717, 1.165) is 32.1 Å². The van der Waals surface area contributed by atoms with Crippen molar-refractivity contribution in [1.29, 1.82) is 0 Å². The second kappa shape index (κ2) is 37.3. The van der Waals surface area contributed by atoms with E-state index in [2.05, 4.69) is 43.5 Å². The van der Waals surface area contributed by atoms with Crippen molar-refractivity contribution in [2.45, 2.75) is 225 Å². The first-order valence-electron chi connectivity index (χ1n) is 21.2. The van der Waals surface area contributed by atoms with E-state index in [9.17, 15) is 22.9 Å². The van der Waals surface area contributed by atoms with Crippen LogP contribution in [-0.2, 0) is 14.9 Å². The van der Waals surface area contributed by atoms with E-state index in [0.29, 0.717) is 6.42 Å². The second-order valence-corrected chi connectivity index (χ2v) is 16.1. The first-order valence-corrected chi connectivity index (χ1v) is 22.8. The van der Waals surface area contributed by atoms with Crippen molar-refractivity contribution in [1.82, 2.24) is 5.32 Å². The molecule has 1 amide bonds. The maximum Gasteiger partial charge on any atom is 0.267 e. The molecule has 0 aliphatic rings. The van der Waals surface area contributed by atoms with Gasteiger partial charge in [-0.3, -0.25) is 9.35 Å². The molecule has 7 heteroatoms. The van der Waals surface area contributed by atoms with E-state index in [1.807, 2.05) is 6.08 Å². The summed E-state index contributed by atoms with van der Waals surface area (Å²) < 4.78 is 32.5. The molecule has 0 aliphatic carbocycles. The van der Waals surface area contributed by atoms with Crippen LogP contribution in [0.2, 0.25) is 0 Å². The molecule has 0 bridgehead atoms. The number of amides is 1. The summed E-state index contributed by atoms with van der Waals surface area (Å²) >= 11 is 0. The Morgan fingerprint density at radius 3 is 1.26 bits per heavy atom. The fourth-order valence-electron chi connectivity index (χ4n) is 6.34. The maximum absolute atomic E-state index is 12.5. The Bertz CT molecular complexity index is 930. The van der Waals surface area contributed by atoms with Gasteiger partial charge in [0, 0.05) is 6.42 Å². The molecular weight excluding hydrogens is 643 g/mol. The molecule has 0 spiro atoms. The predicted octanol–water partition coefficient (Wildman–Crippen LogP) is 12.5. The lowest BCUT2D eigenvalue weighted by Crippen LogP contribution is -2.46. The molecule has 2 unspecified atom stereocenters. The van der Waals surface area contributed by atoms with Crippen LogP contribution >= 0.6 is 0 Å². The monoisotopic (exact) mass is 724 g/mol. The average Bonchev–Trinajstić information content (AvgIpc) is 3.08. The summed E-state index contributed by atoms with van der Waals surface area (Å²) in [5.74, 6) is -1.000. The fraction of sp³-hybridized carbons (Fsp3) is 0.837. The zero-order chi connectivity index (χ0) is 36.8. The molecule has 0 saturated carbocycles. The maximum atomic E-state index is 12.5. The summed E-state index contributed by atoms with van der Waals surface area (Å²) in [5.41, 5.74) is 0. The fourth-order valence-corrected chi connectivity index (χ4v) is 7.08. The van der Waals surface area contributed by atoms with Crippen molar-refractivity contribution in [2.24, 2.45) is 0 Å². The lowest BCUT2D eigenvalue weighted by Gasteiger charge is -2.21. The minimum atomic E-state index is -4.35. The van der Waals surface area contributed by atoms with E-state index in [1.165, 1.54) is 160 Å². The largest absolute Gasteiger partial charge is 0.387 e. The normalized spacial score (nSPS) is 13.6. The molecule has 0 aromatic carbocycles. The molecular formula is C43H81NO5S. The van der Waals surface area contributed by atoms with E-state index >= 15 is 0 Å². The summed E-state index contributed by atoms with van der Waals surface area (Å²) in [5, 5.41) is 13.2. The number of hydrogen-bond acceptors (Lipinski definition) is 4. The van der Waals surface area contributed by atoms with Gasteiger partial charge in [-0.1, -0.05) is 185 Å². The number of carbonyl (C=O) groups excluding carboxylic acids is 1. The van der Waals surface area contributed by atoms with Gasteiger partial charge in [-0.15, -0.1) is 0 Å². The van der Waals surface area contributed by atoms with Crippen molar-refractivity contribution in [2.75, 3.05) is 5.75 Å². The Hall–Kier alpha value is -1.44. The number of nitrogens with one attached hydrogen (secondary N) is 1. The Kier molecular flexibility index (Phi) is 36.2. The van der Waals surface area contributed by atoms with Gasteiger partial charge in [0.1, 0.15) is 0 Å². The molecule has 0 aromatic rings. The first-order chi connectivity index (χ1) is 24.3. The molecule has 0 heterocycles. The number of hydrogen-bond donors (Lipinski definition) is 3. The van der Waals surface area contributed by atoms with Gasteiger partial charge < -0.3 is 10.4 Å². The van der Waals surface area contributed by atoms with Gasteiger partial charge in [0.05, 0.1) is 17.9 Å². The van der Waals surface area contributed by atoms with Crippen LogP contribution in [0.1, 0.15) is 213 Å². The molecule has 0 saturated heterocycles. The molecule has 50 heavy (non-hydrogen) atoms. The Morgan fingerprint density at radius 1 is 0.520 bits per heavy atom. The van der Waals surface area contributed by atoms with Crippen molar-refractivity contribution in [3.63, 3.8) is 0 Å². The van der Waals surface area contributed by atoms with E-state index in [4.69, 9.17) is 0 Å². The Morgan fingerprint density at radius 2 is 0.860 bits per heavy atom. The Balaban J connectivity index is 3.90. The summed E-state index contributed by atoms with van der Waals surface area (Å²) in [4.78, 5) is 12.5. The van der Waals surface area contributed by atoms with Crippen LogP contribution in [0.3, 0.4) is 0 Å². The van der Waals surface area contributed by atoms with Gasteiger partial charge in [0.25, 0.3) is 10.1 Å². The SMILES string of the molecule is CCCCCCCCCC/C=C\CCCCCCCCCCCC(=O)NC(CS(=O)(=O)O)C(O)/C=C/CC/C=C/CCCCCCCCCC. The molecule has 2 atom stereocenters. The van der Waals surface area contributed by atoms with Crippen LogP contribution in [0, 0.1) is 0 Å². The third kappa shape index (κ3) is 37.8. The zero-order valence-electron chi connectivity index (χ0n) is 32.8. The number of allylic oxidation sites excluding steroid dienone is 5. The topological polar surface area (TPSA) is 104 Å². The minimum Gasteiger partial charge on any atom is -0.387 e. The van der Waals surface area contributed by atoms with Crippen LogP contribution in [0.4, 0.5) is 0 Å². The molecule has 294 valence electrons. The average molecular weight is 724 g/mol. The summed E-state index contributed by atoms with van der Waals surface area (Å²) in [7, 11) is -4.35. The highest BCUT2D eigenvalue weighted by molar-refractivity contribution is 7.85. The van der Waals surface area contributed by atoms with Crippen molar-refractivity contribution in [3.05, 3.63) is 36.5 Å². The highest BCUT2D eigenvalue weighted by Gasteiger charge is 2.24.